The zero-order chi connectivity index (χ0) is 18.2. The molecule has 0 heterocycles. The van der Waals surface area contributed by atoms with Crippen molar-refractivity contribution in [3.8, 4) is 0 Å². The van der Waals surface area contributed by atoms with Crippen molar-refractivity contribution < 1.29 is 22.8 Å². The summed E-state index contributed by atoms with van der Waals surface area (Å²) in [7, 11) is -3.65. The average Bonchev–Trinajstić information content (AvgIpc) is 2.58. The van der Waals surface area contributed by atoms with E-state index in [4.69, 9.17) is 4.84 Å². The van der Waals surface area contributed by atoms with E-state index in [9.17, 15) is 18.0 Å². The van der Waals surface area contributed by atoms with Gasteiger partial charge in [-0.05, 0) is 25.1 Å². The predicted molar refractivity (Wildman–Crippen MR) is 88.7 cm³/mol. The van der Waals surface area contributed by atoms with Gasteiger partial charge < -0.3 is 5.32 Å². The van der Waals surface area contributed by atoms with Gasteiger partial charge >= 0.3 is 0 Å². The van der Waals surface area contributed by atoms with Crippen molar-refractivity contribution >= 4 is 21.8 Å². The predicted octanol–water partition coefficient (Wildman–Crippen LogP) is 0.515. The first-order chi connectivity index (χ1) is 11.4. The van der Waals surface area contributed by atoms with Gasteiger partial charge in [0.2, 0.25) is 10.0 Å². The van der Waals surface area contributed by atoms with Crippen molar-refractivity contribution in [2.45, 2.75) is 25.7 Å². The zero-order valence-corrected chi connectivity index (χ0v) is 14.9. The molecule has 0 saturated carbocycles. The number of carbonyl (C=O) groups excluding carboxylic acids is 2. The molecule has 8 nitrogen and oxygen atoms in total. The minimum absolute atomic E-state index is 0.0395. The van der Waals surface area contributed by atoms with Crippen LogP contribution < -0.4 is 10.8 Å². The minimum atomic E-state index is -3.65. The molecule has 0 aromatic heterocycles. The smallest absolute Gasteiger partial charge is 0.262 e. The molecule has 1 aromatic rings. The first-order valence-electron chi connectivity index (χ1n) is 7.65. The number of amides is 2. The summed E-state index contributed by atoms with van der Waals surface area (Å²) in [5.41, 5.74) is 2.31. The van der Waals surface area contributed by atoms with Crippen LogP contribution in [0.2, 0.25) is 0 Å². The van der Waals surface area contributed by atoms with Crippen LogP contribution in [0.3, 0.4) is 0 Å². The maximum Gasteiger partial charge on any atom is 0.262 e. The monoisotopic (exact) mass is 357 g/mol. The highest BCUT2D eigenvalue weighted by atomic mass is 32.2. The van der Waals surface area contributed by atoms with Gasteiger partial charge in [-0.15, -0.1) is 0 Å². The van der Waals surface area contributed by atoms with Crippen LogP contribution in [0.4, 0.5) is 0 Å². The van der Waals surface area contributed by atoms with E-state index in [0.717, 1.165) is 0 Å². The van der Waals surface area contributed by atoms with Crippen LogP contribution in [-0.4, -0.2) is 50.8 Å². The lowest BCUT2D eigenvalue weighted by Gasteiger charge is -2.18. The van der Waals surface area contributed by atoms with Gasteiger partial charge in [0.25, 0.3) is 11.8 Å². The lowest BCUT2D eigenvalue weighted by Crippen LogP contribution is -2.37. The Balaban J connectivity index is 2.85. The van der Waals surface area contributed by atoms with Crippen LogP contribution in [-0.2, 0) is 19.7 Å². The summed E-state index contributed by atoms with van der Waals surface area (Å²) < 4.78 is 26.2. The molecule has 134 valence electrons. The molecule has 0 unspecified atom stereocenters. The Labute approximate surface area is 142 Å². The number of benzene rings is 1. The lowest BCUT2D eigenvalue weighted by molar-refractivity contribution is -0.132. The lowest BCUT2D eigenvalue weighted by atomic mass is 10.2. The van der Waals surface area contributed by atoms with Gasteiger partial charge in [-0.2, -0.15) is 4.31 Å². The fraction of sp³-hybridized carbons (Fsp3) is 0.467. The third-order valence-corrected chi connectivity index (χ3v) is 5.23. The van der Waals surface area contributed by atoms with Crippen LogP contribution in [0.15, 0.2) is 29.2 Å². The van der Waals surface area contributed by atoms with E-state index < -0.39 is 21.8 Å². The van der Waals surface area contributed by atoms with E-state index in [1.165, 1.54) is 28.6 Å². The van der Waals surface area contributed by atoms with E-state index in [1.54, 1.807) is 20.8 Å². The van der Waals surface area contributed by atoms with Gasteiger partial charge in [0.1, 0.15) is 0 Å². The van der Waals surface area contributed by atoms with Crippen molar-refractivity contribution in [1.29, 1.82) is 0 Å². The Morgan fingerprint density at radius 2 is 1.83 bits per heavy atom. The quantitative estimate of drug-likeness (QED) is 0.627. The van der Waals surface area contributed by atoms with Gasteiger partial charge in [-0.25, -0.2) is 13.9 Å². The first kappa shape index (κ1) is 20.1. The Kier molecular flexibility index (Phi) is 7.83. The standard InChI is InChI=1S/C15H23N3O5S/c1-4-18(5-2)24(21,22)13-9-7-8-12(10-13)15(20)16-11-14(19)17-23-6-3/h7-10H,4-6,11H2,1-3H3,(H,16,20)(H,17,19). The van der Waals surface area contributed by atoms with Crippen molar-refractivity contribution in [1.82, 2.24) is 15.1 Å². The topological polar surface area (TPSA) is 105 Å². The minimum Gasteiger partial charge on any atom is -0.343 e. The molecule has 0 radical (unpaired) electrons. The number of sulfonamides is 1. The summed E-state index contributed by atoms with van der Waals surface area (Å²) in [6.45, 7) is 5.92. The molecule has 2 N–H and O–H groups in total. The highest BCUT2D eigenvalue weighted by Crippen LogP contribution is 2.16. The average molecular weight is 357 g/mol. The molecule has 0 spiro atoms. The third kappa shape index (κ3) is 5.29. The summed E-state index contributed by atoms with van der Waals surface area (Å²) in [5, 5.41) is 2.40. The summed E-state index contributed by atoms with van der Waals surface area (Å²) in [4.78, 5) is 28.2. The third-order valence-electron chi connectivity index (χ3n) is 3.18. The Morgan fingerprint density at radius 3 is 2.42 bits per heavy atom. The van der Waals surface area contributed by atoms with Gasteiger partial charge in [0, 0.05) is 18.7 Å². The second kappa shape index (κ2) is 9.36. The highest BCUT2D eigenvalue weighted by molar-refractivity contribution is 7.89. The number of nitrogens with zero attached hydrogens (tertiary/aromatic N) is 1. The van der Waals surface area contributed by atoms with E-state index in [-0.39, 0.29) is 17.0 Å². The Bertz CT molecular complexity index is 671. The number of rotatable bonds is 9. The molecule has 0 saturated heterocycles. The van der Waals surface area contributed by atoms with Gasteiger partial charge in [-0.1, -0.05) is 19.9 Å². The molecule has 0 atom stereocenters. The number of hydrogen-bond donors (Lipinski definition) is 2. The largest absolute Gasteiger partial charge is 0.343 e. The van der Waals surface area contributed by atoms with Crippen LogP contribution in [0.5, 0.6) is 0 Å². The molecule has 0 bridgehead atoms. The first-order valence-corrected chi connectivity index (χ1v) is 9.09. The number of hydroxylamine groups is 1. The zero-order valence-electron chi connectivity index (χ0n) is 14.0. The maximum atomic E-state index is 12.5. The fourth-order valence-corrected chi connectivity index (χ4v) is 3.47. The molecule has 2 amide bonds. The van der Waals surface area contributed by atoms with Crippen LogP contribution in [0, 0.1) is 0 Å². The van der Waals surface area contributed by atoms with Crippen molar-refractivity contribution in [3.05, 3.63) is 29.8 Å². The summed E-state index contributed by atoms with van der Waals surface area (Å²) in [6, 6.07) is 5.71. The summed E-state index contributed by atoms with van der Waals surface area (Å²) >= 11 is 0. The van der Waals surface area contributed by atoms with Crippen molar-refractivity contribution in [2.75, 3.05) is 26.2 Å². The highest BCUT2D eigenvalue weighted by Gasteiger charge is 2.22. The van der Waals surface area contributed by atoms with Gasteiger partial charge in [-0.3, -0.25) is 14.4 Å². The SMILES string of the molecule is CCONC(=O)CNC(=O)c1cccc(S(=O)(=O)N(CC)CC)c1. The van der Waals surface area contributed by atoms with Crippen molar-refractivity contribution in [3.63, 3.8) is 0 Å². The molecule has 24 heavy (non-hydrogen) atoms. The molecular formula is C15H23N3O5S. The Hall–Kier alpha value is -1.97. The number of hydrogen-bond acceptors (Lipinski definition) is 5. The van der Waals surface area contributed by atoms with E-state index in [0.29, 0.717) is 19.7 Å². The number of carbonyl (C=O) groups is 2. The molecule has 1 aromatic carbocycles. The van der Waals surface area contributed by atoms with E-state index >= 15 is 0 Å². The molecule has 1 rings (SSSR count). The van der Waals surface area contributed by atoms with Crippen LogP contribution in [0.1, 0.15) is 31.1 Å². The van der Waals surface area contributed by atoms with Gasteiger partial charge in [0.15, 0.2) is 0 Å². The molecule has 0 fully saturated rings. The van der Waals surface area contributed by atoms with E-state index in [1.807, 2.05) is 0 Å². The molecule has 0 aliphatic carbocycles. The normalized spacial score (nSPS) is 11.3. The molecular weight excluding hydrogens is 334 g/mol. The van der Waals surface area contributed by atoms with E-state index in [2.05, 4.69) is 10.8 Å². The molecule has 0 aliphatic heterocycles. The van der Waals surface area contributed by atoms with Crippen LogP contribution >= 0.6 is 0 Å². The van der Waals surface area contributed by atoms with Gasteiger partial charge in [0.05, 0.1) is 18.0 Å². The fourth-order valence-electron chi connectivity index (χ4n) is 1.96. The number of nitrogens with one attached hydrogen (secondary N) is 2. The second-order valence-electron chi connectivity index (χ2n) is 4.76. The Morgan fingerprint density at radius 1 is 1.17 bits per heavy atom. The maximum absolute atomic E-state index is 12.5. The summed E-state index contributed by atoms with van der Waals surface area (Å²) in [5.74, 6) is -1.05. The molecule has 0 aliphatic rings. The van der Waals surface area contributed by atoms with Crippen molar-refractivity contribution in [2.24, 2.45) is 0 Å². The molecule has 9 heteroatoms. The van der Waals surface area contributed by atoms with Crippen LogP contribution in [0.25, 0.3) is 0 Å². The second-order valence-corrected chi connectivity index (χ2v) is 6.70. The summed E-state index contributed by atoms with van der Waals surface area (Å²) in [6.07, 6.45) is 0.